The third kappa shape index (κ3) is 2.33. The highest BCUT2D eigenvalue weighted by Gasteiger charge is 2.43. The third-order valence-corrected chi connectivity index (χ3v) is 4.23. The molecule has 3 heterocycles. The Balaban J connectivity index is 1.81. The molecular formula is C13H14FN3O2S. The Labute approximate surface area is 119 Å². The van der Waals surface area contributed by atoms with Crippen LogP contribution < -0.4 is 0 Å². The van der Waals surface area contributed by atoms with Crippen LogP contribution in [0.5, 0.6) is 0 Å². The number of amides is 1. The summed E-state index contributed by atoms with van der Waals surface area (Å²) < 4.78 is 19.9. The largest absolute Gasteiger partial charge is 0.336 e. The molecule has 1 atom stereocenters. The molecule has 0 aromatic carbocycles. The zero-order chi connectivity index (χ0) is 14.2. The van der Waals surface area contributed by atoms with Crippen LogP contribution in [0.2, 0.25) is 0 Å². The molecule has 1 amide bonds. The van der Waals surface area contributed by atoms with Gasteiger partial charge in [0, 0.05) is 6.54 Å². The van der Waals surface area contributed by atoms with E-state index in [2.05, 4.69) is 10.1 Å². The summed E-state index contributed by atoms with van der Waals surface area (Å²) in [7, 11) is 0. The summed E-state index contributed by atoms with van der Waals surface area (Å²) in [6.45, 7) is 2.16. The molecule has 5 nitrogen and oxygen atoms in total. The predicted octanol–water partition coefficient (Wildman–Crippen LogP) is 2.54. The van der Waals surface area contributed by atoms with Gasteiger partial charge in [0.05, 0.1) is 11.4 Å². The Morgan fingerprint density at radius 2 is 2.45 bits per heavy atom. The smallest absolute Gasteiger partial charge is 0.266 e. The topological polar surface area (TPSA) is 59.2 Å². The molecule has 0 spiro atoms. The van der Waals surface area contributed by atoms with Crippen molar-refractivity contribution in [2.45, 2.75) is 25.4 Å². The zero-order valence-electron chi connectivity index (χ0n) is 11.0. The van der Waals surface area contributed by atoms with Gasteiger partial charge in [-0.15, -0.1) is 11.3 Å². The number of nitrogens with zero attached hydrogens (tertiary/aromatic N) is 3. The molecule has 0 bridgehead atoms. The molecule has 20 heavy (non-hydrogen) atoms. The Bertz CT molecular complexity index is 613. The first kappa shape index (κ1) is 13.2. The fourth-order valence-corrected chi connectivity index (χ4v) is 3.08. The van der Waals surface area contributed by atoms with Gasteiger partial charge >= 0.3 is 0 Å². The lowest BCUT2D eigenvalue weighted by Crippen LogP contribution is -2.46. The summed E-state index contributed by atoms with van der Waals surface area (Å²) in [5.74, 6) is 0.232. The molecule has 0 aliphatic carbocycles. The van der Waals surface area contributed by atoms with Crippen molar-refractivity contribution in [3.8, 4) is 0 Å². The number of carbonyl (C=O) groups is 1. The minimum atomic E-state index is -1.74. The number of likely N-dealkylation sites (tertiary alicyclic amines) is 1. The molecule has 1 fully saturated rings. The van der Waals surface area contributed by atoms with E-state index in [4.69, 9.17) is 4.52 Å². The van der Waals surface area contributed by atoms with Crippen molar-refractivity contribution in [1.82, 2.24) is 15.0 Å². The summed E-state index contributed by atoms with van der Waals surface area (Å²) in [6, 6.07) is 3.56. The van der Waals surface area contributed by atoms with E-state index in [9.17, 15) is 9.18 Å². The maximum absolute atomic E-state index is 15.0. The highest BCUT2D eigenvalue weighted by molar-refractivity contribution is 7.12. The molecule has 7 heteroatoms. The molecule has 3 rings (SSSR count). The molecule has 2 aromatic rings. The molecule has 1 aliphatic heterocycles. The van der Waals surface area contributed by atoms with Crippen LogP contribution >= 0.6 is 11.3 Å². The van der Waals surface area contributed by atoms with Gasteiger partial charge in [0.1, 0.15) is 0 Å². The van der Waals surface area contributed by atoms with Crippen molar-refractivity contribution in [2.75, 3.05) is 13.1 Å². The van der Waals surface area contributed by atoms with Crippen LogP contribution in [0.3, 0.4) is 0 Å². The number of aryl methyl sites for hydroxylation is 1. The first-order chi connectivity index (χ1) is 9.58. The fourth-order valence-electron chi connectivity index (χ4n) is 2.39. The van der Waals surface area contributed by atoms with E-state index in [1.165, 1.54) is 16.2 Å². The average Bonchev–Trinajstić information content (AvgIpc) is 3.09. The first-order valence-corrected chi connectivity index (χ1v) is 7.29. The molecule has 1 saturated heterocycles. The monoisotopic (exact) mass is 295 g/mol. The van der Waals surface area contributed by atoms with E-state index in [0.717, 1.165) is 0 Å². The second-order valence-electron chi connectivity index (χ2n) is 4.92. The van der Waals surface area contributed by atoms with Gasteiger partial charge in [-0.3, -0.25) is 4.79 Å². The van der Waals surface area contributed by atoms with Crippen molar-refractivity contribution in [3.63, 3.8) is 0 Å². The zero-order valence-corrected chi connectivity index (χ0v) is 11.8. The van der Waals surface area contributed by atoms with Gasteiger partial charge < -0.3 is 9.42 Å². The Hall–Kier alpha value is -1.76. The van der Waals surface area contributed by atoms with Gasteiger partial charge in [-0.1, -0.05) is 11.2 Å². The van der Waals surface area contributed by atoms with Gasteiger partial charge in [0.2, 0.25) is 5.67 Å². The third-order valence-electron chi connectivity index (χ3n) is 3.37. The number of thiophene rings is 1. The van der Waals surface area contributed by atoms with Gasteiger partial charge in [-0.05, 0) is 31.2 Å². The highest BCUT2D eigenvalue weighted by Crippen LogP contribution is 2.35. The fraction of sp³-hybridized carbons (Fsp3) is 0.462. The Morgan fingerprint density at radius 1 is 1.60 bits per heavy atom. The molecule has 2 aromatic heterocycles. The quantitative estimate of drug-likeness (QED) is 0.854. The molecule has 0 N–H and O–H groups in total. The number of halogens is 1. The highest BCUT2D eigenvalue weighted by atomic mass is 32.1. The van der Waals surface area contributed by atoms with E-state index in [1.54, 1.807) is 13.0 Å². The van der Waals surface area contributed by atoms with Crippen LogP contribution in [0.15, 0.2) is 22.0 Å². The van der Waals surface area contributed by atoms with Crippen molar-refractivity contribution < 1.29 is 13.7 Å². The number of hydrogen-bond donors (Lipinski definition) is 0. The molecule has 1 aliphatic rings. The molecule has 1 unspecified atom stereocenters. The normalized spacial score (nSPS) is 23.0. The van der Waals surface area contributed by atoms with Crippen molar-refractivity contribution >= 4 is 17.2 Å². The average molecular weight is 295 g/mol. The molecule has 106 valence electrons. The van der Waals surface area contributed by atoms with Gasteiger partial charge in [0.25, 0.3) is 11.8 Å². The Kier molecular flexibility index (Phi) is 3.29. The molecule has 0 saturated carbocycles. The van der Waals surface area contributed by atoms with Crippen LogP contribution in [-0.2, 0) is 5.67 Å². The second kappa shape index (κ2) is 4.97. The minimum absolute atomic E-state index is 0.0290. The summed E-state index contributed by atoms with van der Waals surface area (Å²) >= 11 is 1.36. The van der Waals surface area contributed by atoms with Crippen LogP contribution in [0, 0.1) is 6.92 Å². The maximum atomic E-state index is 15.0. The van der Waals surface area contributed by atoms with Gasteiger partial charge in [0.15, 0.2) is 5.82 Å². The summed E-state index contributed by atoms with van der Waals surface area (Å²) in [5.41, 5.74) is -1.74. The first-order valence-electron chi connectivity index (χ1n) is 6.41. The van der Waals surface area contributed by atoms with Crippen LogP contribution in [0.4, 0.5) is 4.39 Å². The number of rotatable bonds is 2. The lowest BCUT2D eigenvalue weighted by atomic mass is 9.94. The summed E-state index contributed by atoms with van der Waals surface area (Å²) in [6.07, 6.45) is 0.873. The number of piperidine rings is 1. The minimum Gasteiger partial charge on any atom is -0.336 e. The van der Waals surface area contributed by atoms with E-state index >= 15 is 0 Å². The van der Waals surface area contributed by atoms with E-state index in [1.807, 2.05) is 11.4 Å². The maximum Gasteiger partial charge on any atom is 0.266 e. The van der Waals surface area contributed by atoms with Crippen LogP contribution in [0.1, 0.15) is 34.2 Å². The number of carbonyl (C=O) groups excluding carboxylic acids is 1. The van der Waals surface area contributed by atoms with E-state index < -0.39 is 5.67 Å². The standard InChI is InChI=1S/C13H14FN3O2S/c1-9-15-12(19-16-9)13(14)5-3-6-17(8-13)11(18)10-4-2-7-20-10/h2,4,7H,3,5-6,8H2,1H3. The number of hydrogen-bond acceptors (Lipinski definition) is 5. The van der Waals surface area contributed by atoms with Gasteiger partial charge in [-0.2, -0.15) is 4.98 Å². The van der Waals surface area contributed by atoms with Crippen molar-refractivity contribution in [3.05, 3.63) is 34.1 Å². The van der Waals surface area contributed by atoms with Crippen molar-refractivity contribution in [2.24, 2.45) is 0 Å². The van der Waals surface area contributed by atoms with E-state index in [0.29, 0.717) is 30.1 Å². The SMILES string of the molecule is Cc1noc(C2(F)CCCN(C(=O)c3cccs3)C2)n1. The predicted molar refractivity (Wildman–Crippen MR) is 71.3 cm³/mol. The van der Waals surface area contributed by atoms with Crippen LogP contribution in [0.25, 0.3) is 0 Å². The summed E-state index contributed by atoms with van der Waals surface area (Å²) in [4.78, 5) is 18.4. The summed E-state index contributed by atoms with van der Waals surface area (Å²) in [5, 5.41) is 5.46. The number of alkyl halides is 1. The lowest BCUT2D eigenvalue weighted by molar-refractivity contribution is 0.0155. The van der Waals surface area contributed by atoms with Crippen LogP contribution in [-0.4, -0.2) is 34.0 Å². The second-order valence-corrected chi connectivity index (χ2v) is 5.87. The molecular weight excluding hydrogens is 281 g/mol. The molecule has 0 radical (unpaired) electrons. The van der Waals surface area contributed by atoms with Crippen molar-refractivity contribution in [1.29, 1.82) is 0 Å². The Morgan fingerprint density at radius 3 is 3.10 bits per heavy atom. The van der Waals surface area contributed by atoms with E-state index in [-0.39, 0.29) is 18.3 Å². The number of aromatic nitrogens is 2. The van der Waals surface area contributed by atoms with Gasteiger partial charge in [-0.25, -0.2) is 4.39 Å². The lowest BCUT2D eigenvalue weighted by Gasteiger charge is -2.34.